The van der Waals surface area contributed by atoms with Crippen LogP contribution in [0.15, 0.2) is 24.3 Å². The Morgan fingerprint density at radius 1 is 0.774 bits per heavy atom. The Balaban J connectivity index is 2.02. The molecule has 1 aliphatic heterocycles. The molecule has 9 N–H and O–H groups in total. The maximum absolute atomic E-state index is 9.63. The first-order chi connectivity index (χ1) is 13.9. The lowest BCUT2D eigenvalue weighted by Crippen LogP contribution is -2.67. The molecule has 0 aromatic heterocycles. The molecule has 1 heterocycles. The summed E-state index contributed by atoms with van der Waals surface area (Å²) in [6.07, 6.45) is -4.10. The van der Waals surface area contributed by atoms with Crippen LogP contribution >= 0.6 is 11.6 Å². The van der Waals surface area contributed by atoms with Gasteiger partial charge in [0.2, 0.25) is 5.25 Å². The summed E-state index contributed by atoms with van der Waals surface area (Å²) >= 11 is 5.41. The molecule has 0 unspecified atom stereocenters. The summed E-state index contributed by atoms with van der Waals surface area (Å²) in [5.74, 6) is -8.37. The van der Waals surface area contributed by atoms with E-state index in [0.717, 1.165) is 0 Å². The van der Waals surface area contributed by atoms with Gasteiger partial charge in [0.15, 0.2) is 0 Å². The van der Waals surface area contributed by atoms with E-state index < -0.39 is 28.7 Å². The fraction of sp³-hybridized carbons (Fsp3) is 0.600. The third-order valence-electron chi connectivity index (χ3n) is 4.48. The highest BCUT2D eigenvalue weighted by Crippen LogP contribution is 2.30. The number of hydrogen-bond acceptors (Lipinski definition) is 13. The second kappa shape index (κ2) is 8.62. The largest absolute Gasteiger partial charge is 0.433 e. The Hall–Kier alpha value is -1.20. The molecule has 1 aromatic rings. The quantitative estimate of drug-likeness (QED) is 0.101. The zero-order valence-electron chi connectivity index (χ0n) is 15.9. The lowest BCUT2D eigenvalue weighted by molar-refractivity contribution is -0.600. The predicted molar refractivity (Wildman–Crippen MR) is 103 cm³/mol. The van der Waals surface area contributed by atoms with E-state index in [1.54, 1.807) is 0 Å². The van der Waals surface area contributed by atoms with Gasteiger partial charge in [-0.2, -0.15) is 0 Å². The minimum absolute atomic E-state index is 0.220. The van der Waals surface area contributed by atoms with Crippen molar-refractivity contribution in [2.75, 3.05) is 31.1 Å². The van der Waals surface area contributed by atoms with Crippen LogP contribution < -0.4 is 9.64 Å². The van der Waals surface area contributed by atoms with E-state index in [9.17, 15) is 30.6 Å². The van der Waals surface area contributed by atoms with Crippen LogP contribution in [0.3, 0.4) is 0 Å². The van der Waals surface area contributed by atoms with E-state index in [2.05, 4.69) is 9.47 Å². The third-order valence-corrected chi connectivity index (χ3v) is 4.78. The van der Waals surface area contributed by atoms with Crippen molar-refractivity contribution in [1.29, 1.82) is 0 Å². The van der Waals surface area contributed by atoms with Crippen molar-refractivity contribution in [2.45, 2.75) is 28.7 Å². The first-order valence-corrected chi connectivity index (χ1v) is 9.01. The molecule has 4 radical (unpaired) electrons. The number of anilines is 1. The molecule has 0 saturated carbocycles. The Bertz CT molecular complexity index is 745. The molecular formula is C15H21B2ClN2O11. The molecular weight excluding hydrogens is 441 g/mol. The highest BCUT2D eigenvalue weighted by Gasteiger charge is 2.57. The van der Waals surface area contributed by atoms with Crippen molar-refractivity contribution in [3.8, 4) is 5.75 Å². The molecule has 0 aliphatic carbocycles. The third kappa shape index (κ3) is 6.19. The number of nitrogens with zero attached hydrogens (tertiary/aromatic N) is 2. The summed E-state index contributed by atoms with van der Waals surface area (Å²) in [4.78, 5) is 3.22. The van der Waals surface area contributed by atoms with E-state index >= 15 is 0 Å². The van der Waals surface area contributed by atoms with Gasteiger partial charge in [-0.25, -0.2) is 4.74 Å². The fourth-order valence-corrected chi connectivity index (χ4v) is 2.87. The normalized spacial score (nSPS) is 17.7. The van der Waals surface area contributed by atoms with Crippen LogP contribution in [-0.2, 0) is 4.74 Å². The summed E-state index contributed by atoms with van der Waals surface area (Å²) in [6.45, 7) is 1.14. The molecule has 1 aliphatic rings. The second-order valence-corrected chi connectivity index (χ2v) is 7.40. The number of ether oxygens (including phenoxy) is 2. The van der Waals surface area contributed by atoms with Crippen LogP contribution in [0.2, 0.25) is 0 Å². The maximum atomic E-state index is 9.63. The van der Waals surface area contributed by atoms with Gasteiger partial charge in [0.1, 0.15) is 5.75 Å². The molecule has 16 heteroatoms. The minimum Gasteiger partial charge on any atom is -0.433 e. The van der Waals surface area contributed by atoms with Gasteiger partial charge in [0, 0.05) is 37.2 Å². The zero-order valence-corrected chi connectivity index (χ0v) is 16.7. The summed E-state index contributed by atoms with van der Waals surface area (Å²) in [5, 5.41) is 77.9. The molecule has 1 fully saturated rings. The van der Waals surface area contributed by atoms with E-state index in [0.29, 0.717) is 18.8 Å². The van der Waals surface area contributed by atoms with E-state index in [4.69, 9.17) is 42.6 Å². The molecule has 1 saturated heterocycles. The Labute approximate surface area is 183 Å². The predicted octanol–water partition coefficient (Wildman–Crippen LogP) is -5.06. The van der Waals surface area contributed by atoms with Gasteiger partial charge in [0.05, 0.1) is 15.7 Å². The van der Waals surface area contributed by atoms with Crippen LogP contribution in [0.25, 0.3) is 0 Å². The smallest absolute Gasteiger partial charge is 0.409 e. The van der Waals surface area contributed by atoms with Crippen molar-refractivity contribution in [1.82, 2.24) is 4.90 Å². The number of rotatable bonds is 8. The topological polar surface area (TPSA) is 207 Å². The fourth-order valence-electron chi connectivity index (χ4n) is 2.75. The summed E-state index contributed by atoms with van der Waals surface area (Å²) < 4.78 is 8.09. The van der Waals surface area contributed by atoms with Crippen molar-refractivity contribution < 1.29 is 55.4 Å². The summed E-state index contributed by atoms with van der Waals surface area (Å²) in [7, 11) is 11.4. The number of aliphatic hydroxyl groups is 9. The molecule has 2 rings (SSSR count). The highest BCUT2D eigenvalue weighted by atomic mass is 35.5. The van der Waals surface area contributed by atoms with Gasteiger partial charge in [-0.3, -0.25) is 0 Å². The van der Waals surface area contributed by atoms with Gasteiger partial charge >= 0.3 is 18.1 Å². The molecule has 13 nitrogen and oxygen atoms in total. The van der Waals surface area contributed by atoms with Crippen molar-refractivity contribution in [3.05, 3.63) is 24.3 Å². The molecule has 31 heavy (non-hydrogen) atoms. The molecule has 0 bridgehead atoms. The van der Waals surface area contributed by atoms with Gasteiger partial charge in [0.25, 0.3) is 0 Å². The standard InChI is InChI=1S/C15H21B2ClN2O11/c16-11(17,12(18,21)22)20-7-5-19(6-8-20)9-1-3-10(4-2-9)30-13(23,24)14(25,26)31-15(27,28)29/h1-4,21-29H,5-8H2. The first-order valence-electron chi connectivity index (χ1n) is 8.63. The highest BCUT2D eigenvalue weighted by molar-refractivity contribution is 6.45. The van der Waals surface area contributed by atoms with Crippen LogP contribution in [0, 0.1) is 0 Å². The number of hydrogen-bond donors (Lipinski definition) is 9. The monoisotopic (exact) mass is 462 g/mol. The van der Waals surface area contributed by atoms with Gasteiger partial charge in [-0.05, 0) is 24.3 Å². The van der Waals surface area contributed by atoms with Crippen LogP contribution in [0.5, 0.6) is 5.75 Å². The summed E-state index contributed by atoms with van der Waals surface area (Å²) in [6, 6.07) is 5.36. The van der Waals surface area contributed by atoms with E-state index in [1.165, 1.54) is 29.2 Å². The van der Waals surface area contributed by atoms with Gasteiger partial charge in [-0.15, -0.1) is 0 Å². The lowest BCUT2D eigenvalue weighted by atomic mass is 9.59. The maximum Gasteiger partial charge on any atom is 0.409 e. The Kier molecular flexibility index (Phi) is 7.25. The van der Waals surface area contributed by atoms with E-state index in [-0.39, 0.29) is 18.8 Å². The van der Waals surface area contributed by atoms with Crippen molar-refractivity contribution in [2.24, 2.45) is 0 Å². The number of benzene rings is 1. The number of halogens is 1. The average Bonchev–Trinajstić information content (AvgIpc) is 2.59. The first kappa shape index (κ1) is 26.1. The Morgan fingerprint density at radius 3 is 1.68 bits per heavy atom. The average molecular weight is 462 g/mol. The zero-order chi connectivity index (χ0) is 23.9. The van der Waals surface area contributed by atoms with Crippen molar-refractivity contribution in [3.63, 3.8) is 0 Å². The van der Waals surface area contributed by atoms with Crippen LogP contribution in [-0.4, -0.2) is 121 Å². The Morgan fingerprint density at radius 2 is 1.26 bits per heavy atom. The van der Waals surface area contributed by atoms with Crippen LogP contribution in [0.1, 0.15) is 0 Å². The van der Waals surface area contributed by atoms with Crippen molar-refractivity contribution >= 4 is 33.0 Å². The molecule has 170 valence electrons. The molecule has 0 amide bonds. The minimum atomic E-state index is -4.14. The summed E-state index contributed by atoms with van der Waals surface area (Å²) in [5.41, 5.74) is 0.619. The number of piperazine rings is 1. The second-order valence-electron chi connectivity index (χ2n) is 6.87. The van der Waals surface area contributed by atoms with Gasteiger partial charge in [-0.1, -0.05) is 11.6 Å². The van der Waals surface area contributed by atoms with Gasteiger partial charge < -0.3 is 60.5 Å². The lowest BCUT2D eigenvalue weighted by Gasteiger charge is -2.48. The number of alkyl halides is 1. The molecule has 0 atom stereocenters. The van der Waals surface area contributed by atoms with E-state index in [1.807, 2.05) is 4.90 Å². The van der Waals surface area contributed by atoms with Crippen LogP contribution in [0.4, 0.5) is 5.69 Å². The SMILES string of the molecule is [B]C([B])(N1CCN(c2ccc(OC(O)(O)C(O)(O)OC(O)(O)O)cc2)CC1)C(O)(O)Cl. The molecule has 0 spiro atoms. The molecule has 1 aromatic carbocycles.